The maximum Gasteiger partial charge on any atom is 0.262 e. The number of sulfonamides is 1. The zero-order chi connectivity index (χ0) is 15.6. The molecule has 112 valence electrons. The van der Waals surface area contributed by atoms with E-state index < -0.39 is 27.3 Å². The highest BCUT2D eigenvalue weighted by Gasteiger charge is 2.20. The van der Waals surface area contributed by atoms with E-state index in [1.807, 2.05) is 4.72 Å². The van der Waals surface area contributed by atoms with E-state index in [1.54, 1.807) is 0 Å². The van der Waals surface area contributed by atoms with E-state index in [1.165, 1.54) is 19.2 Å². The number of ether oxygens (including phenoxy) is 1. The summed E-state index contributed by atoms with van der Waals surface area (Å²) in [5.41, 5.74) is 4.96. The Balaban J connectivity index is 2.41. The SMILES string of the molecule is COc1ccc(S(=O)(=O)Nc2c(F)cccc2F)cc1N. The standard InChI is InChI=1S/C13H12F2N2O3S/c1-20-12-6-5-8(7-11(12)16)21(18,19)17-13-9(14)3-2-4-10(13)15/h2-7,17H,16H2,1H3. The number of methoxy groups -OCH3 is 1. The van der Waals surface area contributed by atoms with Crippen molar-refractivity contribution < 1.29 is 21.9 Å². The van der Waals surface area contributed by atoms with Crippen LogP contribution in [0.25, 0.3) is 0 Å². The van der Waals surface area contributed by atoms with Crippen molar-refractivity contribution in [1.29, 1.82) is 0 Å². The average molecular weight is 314 g/mol. The summed E-state index contributed by atoms with van der Waals surface area (Å²) in [5, 5.41) is 0. The first-order valence-electron chi connectivity index (χ1n) is 5.75. The van der Waals surface area contributed by atoms with Crippen LogP contribution in [0.5, 0.6) is 5.75 Å². The first kappa shape index (κ1) is 15.0. The lowest BCUT2D eigenvalue weighted by Crippen LogP contribution is -2.15. The molecule has 0 fully saturated rings. The predicted octanol–water partition coefficient (Wildman–Crippen LogP) is 2.36. The molecule has 2 aromatic carbocycles. The second-order valence-corrected chi connectivity index (χ2v) is 5.79. The number of nitrogens with one attached hydrogen (secondary N) is 1. The van der Waals surface area contributed by atoms with Gasteiger partial charge in [0.05, 0.1) is 17.7 Å². The molecule has 0 saturated carbocycles. The Hall–Kier alpha value is -2.35. The zero-order valence-electron chi connectivity index (χ0n) is 10.9. The third-order valence-corrected chi connectivity index (χ3v) is 4.06. The molecule has 0 heterocycles. The van der Waals surface area contributed by atoms with Gasteiger partial charge in [-0.05, 0) is 30.3 Å². The summed E-state index contributed by atoms with van der Waals surface area (Å²) in [5.74, 6) is -1.73. The fourth-order valence-electron chi connectivity index (χ4n) is 1.67. The minimum Gasteiger partial charge on any atom is -0.495 e. The van der Waals surface area contributed by atoms with Crippen molar-refractivity contribution in [3.8, 4) is 5.75 Å². The number of halogens is 2. The number of benzene rings is 2. The summed E-state index contributed by atoms with van der Waals surface area (Å²) in [4.78, 5) is -0.233. The summed E-state index contributed by atoms with van der Waals surface area (Å²) >= 11 is 0. The third kappa shape index (κ3) is 3.05. The van der Waals surface area contributed by atoms with E-state index in [0.717, 1.165) is 24.3 Å². The van der Waals surface area contributed by atoms with Crippen LogP contribution in [0.15, 0.2) is 41.3 Å². The Morgan fingerprint density at radius 2 is 1.76 bits per heavy atom. The van der Waals surface area contributed by atoms with Gasteiger partial charge >= 0.3 is 0 Å². The van der Waals surface area contributed by atoms with Crippen molar-refractivity contribution in [1.82, 2.24) is 0 Å². The van der Waals surface area contributed by atoms with Crippen molar-refractivity contribution >= 4 is 21.4 Å². The molecule has 0 aliphatic heterocycles. The number of hydrogen-bond acceptors (Lipinski definition) is 4. The molecule has 0 aliphatic rings. The molecule has 8 heteroatoms. The van der Waals surface area contributed by atoms with E-state index in [-0.39, 0.29) is 10.6 Å². The molecule has 0 unspecified atom stereocenters. The average Bonchev–Trinajstić information content (AvgIpc) is 2.43. The molecule has 2 aromatic rings. The Morgan fingerprint density at radius 3 is 2.29 bits per heavy atom. The van der Waals surface area contributed by atoms with Crippen LogP contribution in [0.3, 0.4) is 0 Å². The fraction of sp³-hybridized carbons (Fsp3) is 0.0769. The quantitative estimate of drug-likeness (QED) is 0.849. The molecule has 3 N–H and O–H groups in total. The van der Waals surface area contributed by atoms with Crippen molar-refractivity contribution in [2.75, 3.05) is 17.6 Å². The smallest absolute Gasteiger partial charge is 0.262 e. The van der Waals surface area contributed by atoms with E-state index in [2.05, 4.69) is 0 Å². The molecule has 2 rings (SSSR count). The van der Waals surface area contributed by atoms with Gasteiger partial charge in [-0.1, -0.05) is 6.07 Å². The lowest BCUT2D eigenvalue weighted by atomic mass is 10.3. The summed E-state index contributed by atoms with van der Waals surface area (Å²) in [7, 11) is -2.79. The summed E-state index contributed by atoms with van der Waals surface area (Å²) in [6.07, 6.45) is 0. The van der Waals surface area contributed by atoms with Crippen LogP contribution in [0, 0.1) is 11.6 Å². The molecule has 0 aliphatic carbocycles. The van der Waals surface area contributed by atoms with Gasteiger partial charge in [0, 0.05) is 0 Å². The highest BCUT2D eigenvalue weighted by Crippen LogP contribution is 2.27. The van der Waals surface area contributed by atoms with Crippen LogP contribution in [0.1, 0.15) is 0 Å². The Bertz CT molecular complexity index is 759. The van der Waals surface area contributed by atoms with Gasteiger partial charge in [-0.15, -0.1) is 0 Å². The molecule has 0 radical (unpaired) electrons. The van der Waals surface area contributed by atoms with Crippen molar-refractivity contribution in [3.05, 3.63) is 48.0 Å². The van der Waals surface area contributed by atoms with Crippen molar-refractivity contribution in [2.45, 2.75) is 4.90 Å². The molecule has 0 aromatic heterocycles. The lowest BCUT2D eigenvalue weighted by Gasteiger charge is -2.11. The van der Waals surface area contributed by atoms with Crippen LogP contribution in [-0.2, 0) is 10.0 Å². The van der Waals surface area contributed by atoms with E-state index in [9.17, 15) is 17.2 Å². The molecular formula is C13H12F2N2O3S. The number of nitrogens with two attached hydrogens (primary N) is 1. The summed E-state index contributed by atoms with van der Waals surface area (Å²) < 4.78 is 58.0. The van der Waals surface area contributed by atoms with Crippen LogP contribution in [0.2, 0.25) is 0 Å². The van der Waals surface area contributed by atoms with E-state index in [0.29, 0.717) is 5.75 Å². The predicted molar refractivity (Wildman–Crippen MR) is 74.6 cm³/mol. The van der Waals surface area contributed by atoms with E-state index >= 15 is 0 Å². The fourth-order valence-corrected chi connectivity index (χ4v) is 2.78. The minimum atomic E-state index is -4.17. The van der Waals surface area contributed by atoms with Gasteiger partial charge in [0.1, 0.15) is 23.1 Å². The van der Waals surface area contributed by atoms with Crippen LogP contribution >= 0.6 is 0 Å². The second-order valence-electron chi connectivity index (χ2n) is 4.11. The second kappa shape index (κ2) is 5.57. The molecular weight excluding hydrogens is 302 g/mol. The summed E-state index contributed by atoms with van der Waals surface area (Å²) in [6, 6.07) is 6.73. The molecule has 0 amide bonds. The number of rotatable bonds is 4. The Morgan fingerprint density at radius 1 is 1.14 bits per heavy atom. The minimum absolute atomic E-state index is 0.0920. The van der Waals surface area contributed by atoms with Gasteiger partial charge in [0.25, 0.3) is 10.0 Å². The highest BCUT2D eigenvalue weighted by molar-refractivity contribution is 7.92. The lowest BCUT2D eigenvalue weighted by molar-refractivity contribution is 0.416. The Labute approximate surface area is 120 Å². The van der Waals surface area contributed by atoms with Gasteiger partial charge in [-0.3, -0.25) is 4.72 Å². The maximum absolute atomic E-state index is 13.5. The first-order valence-corrected chi connectivity index (χ1v) is 7.24. The van der Waals surface area contributed by atoms with Crippen molar-refractivity contribution in [2.24, 2.45) is 0 Å². The van der Waals surface area contributed by atoms with Crippen molar-refractivity contribution in [3.63, 3.8) is 0 Å². The van der Waals surface area contributed by atoms with Crippen LogP contribution < -0.4 is 15.2 Å². The molecule has 0 atom stereocenters. The number of nitrogen functional groups attached to an aromatic ring is 1. The molecule has 0 saturated heterocycles. The van der Waals surface area contributed by atoms with Gasteiger partial charge in [0.15, 0.2) is 0 Å². The van der Waals surface area contributed by atoms with Gasteiger partial charge < -0.3 is 10.5 Å². The van der Waals surface area contributed by atoms with Crippen LogP contribution in [-0.4, -0.2) is 15.5 Å². The Kier molecular flexibility index (Phi) is 3.99. The number of para-hydroxylation sites is 1. The topological polar surface area (TPSA) is 81.4 Å². The van der Waals surface area contributed by atoms with Gasteiger partial charge in [-0.25, -0.2) is 17.2 Å². The third-order valence-electron chi connectivity index (χ3n) is 2.71. The first-order chi connectivity index (χ1) is 9.85. The van der Waals surface area contributed by atoms with Crippen LogP contribution in [0.4, 0.5) is 20.2 Å². The molecule has 0 bridgehead atoms. The highest BCUT2D eigenvalue weighted by atomic mass is 32.2. The maximum atomic E-state index is 13.5. The van der Waals surface area contributed by atoms with E-state index in [4.69, 9.17) is 10.5 Å². The zero-order valence-corrected chi connectivity index (χ0v) is 11.7. The number of anilines is 2. The monoisotopic (exact) mass is 314 g/mol. The largest absolute Gasteiger partial charge is 0.495 e. The molecule has 0 spiro atoms. The number of hydrogen-bond donors (Lipinski definition) is 2. The van der Waals surface area contributed by atoms with Gasteiger partial charge in [0.2, 0.25) is 0 Å². The normalized spacial score (nSPS) is 11.2. The molecule has 5 nitrogen and oxygen atoms in total. The summed E-state index contributed by atoms with van der Waals surface area (Å²) in [6.45, 7) is 0. The molecule has 21 heavy (non-hydrogen) atoms. The van der Waals surface area contributed by atoms with Gasteiger partial charge in [-0.2, -0.15) is 0 Å².